The van der Waals surface area contributed by atoms with E-state index in [0.29, 0.717) is 10.8 Å². The molecule has 18 heavy (non-hydrogen) atoms. The van der Waals surface area contributed by atoms with E-state index in [1.54, 1.807) is 6.07 Å². The molecule has 0 amide bonds. The lowest BCUT2D eigenvalue weighted by atomic mass is 10.0. The molecule has 2 N–H and O–H groups in total. The van der Waals surface area contributed by atoms with E-state index in [4.69, 9.17) is 17.3 Å². The molecule has 1 fully saturated rings. The van der Waals surface area contributed by atoms with Crippen LogP contribution in [0.15, 0.2) is 12.1 Å². The normalized spacial score (nSPS) is 18.1. The summed E-state index contributed by atoms with van der Waals surface area (Å²) in [4.78, 5) is 9.02. The first-order valence-electron chi connectivity index (χ1n) is 6.30. The van der Waals surface area contributed by atoms with Gasteiger partial charge in [-0.2, -0.15) is 0 Å². The van der Waals surface area contributed by atoms with Gasteiger partial charge in [0.05, 0.1) is 5.69 Å². The molecule has 0 spiro atoms. The van der Waals surface area contributed by atoms with Crippen LogP contribution in [0.4, 0.5) is 11.5 Å². The first-order chi connectivity index (χ1) is 8.38. The molecule has 1 aliphatic heterocycles. The van der Waals surface area contributed by atoms with Crippen LogP contribution in [0.3, 0.4) is 0 Å². The van der Waals surface area contributed by atoms with Gasteiger partial charge in [0, 0.05) is 31.7 Å². The zero-order chi connectivity index (χ0) is 13.3. The van der Waals surface area contributed by atoms with Crippen LogP contribution in [0.5, 0.6) is 0 Å². The summed E-state index contributed by atoms with van der Waals surface area (Å²) in [6.45, 7) is 10.7. The Balaban J connectivity index is 2.08. The zero-order valence-corrected chi connectivity index (χ0v) is 12.0. The van der Waals surface area contributed by atoms with Crippen molar-refractivity contribution in [2.45, 2.75) is 26.3 Å². The number of rotatable bonds is 1. The lowest BCUT2D eigenvalue weighted by Crippen LogP contribution is -2.53. The zero-order valence-electron chi connectivity index (χ0n) is 11.3. The van der Waals surface area contributed by atoms with Gasteiger partial charge >= 0.3 is 0 Å². The summed E-state index contributed by atoms with van der Waals surface area (Å²) >= 11 is 5.93. The minimum atomic E-state index is 0.222. The third-order valence-corrected chi connectivity index (χ3v) is 3.61. The van der Waals surface area contributed by atoms with Gasteiger partial charge in [-0.15, -0.1) is 0 Å². The minimum Gasteiger partial charge on any atom is -0.396 e. The molecule has 5 heteroatoms. The molecule has 1 aromatic heterocycles. The van der Waals surface area contributed by atoms with Gasteiger partial charge in [0.2, 0.25) is 0 Å². The molecule has 0 saturated carbocycles. The number of aromatic nitrogens is 1. The third kappa shape index (κ3) is 2.87. The van der Waals surface area contributed by atoms with Crippen LogP contribution in [0, 0.1) is 0 Å². The topological polar surface area (TPSA) is 45.4 Å². The maximum atomic E-state index is 5.96. The quantitative estimate of drug-likeness (QED) is 0.794. The summed E-state index contributed by atoms with van der Waals surface area (Å²) in [6.07, 6.45) is 0. The van der Waals surface area contributed by atoms with Gasteiger partial charge in [-0.25, -0.2) is 4.98 Å². The lowest BCUT2D eigenvalue weighted by Gasteiger charge is -2.42. The van der Waals surface area contributed by atoms with Crippen molar-refractivity contribution >= 4 is 23.1 Å². The Hall–Kier alpha value is -1.00. The predicted molar refractivity (Wildman–Crippen MR) is 77.2 cm³/mol. The number of hydrogen-bond acceptors (Lipinski definition) is 4. The summed E-state index contributed by atoms with van der Waals surface area (Å²) < 4.78 is 0. The molecule has 1 aliphatic rings. The predicted octanol–water partition coefficient (Wildman–Crippen LogP) is 2.24. The second kappa shape index (κ2) is 4.94. The number of nitrogen functional groups attached to an aromatic ring is 1. The largest absolute Gasteiger partial charge is 0.396 e. The lowest BCUT2D eigenvalue weighted by molar-refractivity contribution is 0.128. The fourth-order valence-electron chi connectivity index (χ4n) is 2.28. The van der Waals surface area contributed by atoms with Crippen LogP contribution in [0.1, 0.15) is 20.8 Å². The summed E-state index contributed by atoms with van der Waals surface area (Å²) in [5.41, 5.74) is 6.88. The van der Waals surface area contributed by atoms with Crippen LogP contribution < -0.4 is 10.6 Å². The molecular formula is C13H21ClN4. The van der Waals surface area contributed by atoms with Crippen LogP contribution in [0.2, 0.25) is 5.15 Å². The van der Waals surface area contributed by atoms with E-state index >= 15 is 0 Å². The van der Waals surface area contributed by atoms with Crippen molar-refractivity contribution in [3.63, 3.8) is 0 Å². The average molecular weight is 269 g/mol. The number of nitrogens with zero attached hydrogens (tertiary/aromatic N) is 3. The highest BCUT2D eigenvalue weighted by molar-refractivity contribution is 6.29. The molecular weight excluding hydrogens is 248 g/mol. The second-order valence-electron chi connectivity index (χ2n) is 5.69. The Morgan fingerprint density at radius 1 is 1.17 bits per heavy atom. The van der Waals surface area contributed by atoms with Gasteiger partial charge in [-0.05, 0) is 32.9 Å². The second-order valence-corrected chi connectivity index (χ2v) is 6.08. The van der Waals surface area contributed by atoms with E-state index in [0.717, 1.165) is 32.0 Å². The number of hydrogen-bond donors (Lipinski definition) is 1. The maximum absolute atomic E-state index is 5.96. The average Bonchev–Trinajstić information content (AvgIpc) is 2.31. The van der Waals surface area contributed by atoms with E-state index in [1.165, 1.54) is 0 Å². The number of nitrogens with two attached hydrogens (primary N) is 1. The standard InChI is InChI=1S/C13H21ClN4/c1-13(2,3)18-8-6-17(7-9-18)12-10(15)4-5-11(14)16-12/h4-5H,6-9,15H2,1-3H3. The van der Waals surface area contributed by atoms with Gasteiger partial charge in [0.1, 0.15) is 5.15 Å². The molecule has 0 bridgehead atoms. The van der Waals surface area contributed by atoms with E-state index in [-0.39, 0.29) is 5.54 Å². The van der Waals surface area contributed by atoms with Crippen molar-refractivity contribution in [2.24, 2.45) is 0 Å². The molecule has 100 valence electrons. The number of anilines is 2. The van der Waals surface area contributed by atoms with Gasteiger partial charge in [-0.3, -0.25) is 4.90 Å². The van der Waals surface area contributed by atoms with Crippen molar-refractivity contribution in [2.75, 3.05) is 36.8 Å². The molecule has 1 aromatic rings. The summed E-state index contributed by atoms with van der Waals surface area (Å²) in [6, 6.07) is 3.55. The van der Waals surface area contributed by atoms with Gasteiger partial charge in [-0.1, -0.05) is 11.6 Å². The Labute approximate surface area is 114 Å². The van der Waals surface area contributed by atoms with Crippen molar-refractivity contribution < 1.29 is 0 Å². The molecule has 0 aliphatic carbocycles. The summed E-state index contributed by atoms with van der Waals surface area (Å²) in [5, 5.41) is 0.498. The molecule has 2 rings (SSSR count). The highest BCUT2D eigenvalue weighted by Crippen LogP contribution is 2.25. The van der Waals surface area contributed by atoms with Crippen molar-refractivity contribution in [3.05, 3.63) is 17.3 Å². The Bertz CT molecular complexity index is 419. The Morgan fingerprint density at radius 3 is 2.33 bits per heavy atom. The van der Waals surface area contributed by atoms with E-state index in [2.05, 4.69) is 35.6 Å². The summed E-state index contributed by atoms with van der Waals surface area (Å²) in [5.74, 6) is 0.816. The third-order valence-electron chi connectivity index (χ3n) is 3.40. The maximum Gasteiger partial charge on any atom is 0.153 e. The molecule has 4 nitrogen and oxygen atoms in total. The molecule has 0 unspecified atom stereocenters. The highest BCUT2D eigenvalue weighted by atomic mass is 35.5. The number of piperazine rings is 1. The van der Waals surface area contributed by atoms with Crippen molar-refractivity contribution in [3.8, 4) is 0 Å². The Morgan fingerprint density at radius 2 is 1.78 bits per heavy atom. The fraction of sp³-hybridized carbons (Fsp3) is 0.615. The van der Waals surface area contributed by atoms with Crippen LogP contribution >= 0.6 is 11.6 Å². The van der Waals surface area contributed by atoms with E-state index < -0.39 is 0 Å². The SMILES string of the molecule is CC(C)(C)N1CCN(c2nc(Cl)ccc2N)CC1. The van der Waals surface area contributed by atoms with E-state index in [1.807, 2.05) is 6.07 Å². The molecule has 2 heterocycles. The van der Waals surface area contributed by atoms with Gasteiger partial charge in [0.25, 0.3) is 0 Å². The molecule has 0 radical (unpaired) electrons. The molecule has 0 aromatic carbocycles. The smallest absolute Gasteiger partial charge is 0.153 e. The van der Waals surface area contributed by atoms with Crippen LogP contribution in [-0.2, 0) is 0 Å². The minimum absolute atomic E-state index is 0.222. The van der Waals surface area contributed by atoms with Crippen molar-refractivity contribution in [1.82, 2.24) is 9.88 Å². The van der Waals surface area contributed by atoms with Crippen molar-refractivity contribution in [1.29, 1.82) is 0 Å². The summed E-state index contributed by atoms with van der Waals surface area (Å²) in [7, 11) is 0. The molecule has 0 atom stereocenters. The molecule has 1 saturated heterocycles. The van der Waals surface area contributed by atoms with Crippen LogP contribution in [-0.4, -0.2) is 41.6 Å². The highest BCUT2D eigenvalue weighted by Gasteiger charge is 2.26. The number of pyridine rings is 1. The van der Waals surface area contributed by atoms with Gasteiger partial charge in [0.15, 0.2) is 5.82 Å². The monoisotopic (exact) mass is 268 g/mol. The fourth-order valence-corrected chi connectivity index (χ4v) is 2.42. The first-order valence-corrected chi connectivity index (χ1v) is 6.68. The van der Waals surface area contributed by atoms with Crippen LogP contribution in [0.25, 0.3) is 0 Å². The van der Waals surface area contributed by atoms with Gasteiger partial charge < -0.3 is 10.6 Å². The Kier molecular flexibility index (Phi) is 3.69. The van der Waals surface area contributed by atoms with E-state index in [9.17, 15) is 0 Å². The number of halogens is 1. The first kappa shape index (κ1) is 13.4.